The van der Waals surface area contributed by atoms with E-state index < -0.39 is 5.82 Å². The Labute approximate surface area is 148 Å². The van der Waals surface area contributed by atoms with Gasteiger partial charge in [0.05, 0.1) is 18.3 Å². The van der Waals surface area contributed by atoms with Gasteiger partial charge < -0.3 is 5.32 Å². The number of nitrogens with zero attached hydrogens (tertiary/aromatic N) is 2. The van der Waals surface area contributed by atoms with Crippen molar-refractivity contribution in [3.05, 3.63) is 82.6 Å². The Bertz CT molecular complexity index is 894. The molecule has 1 amide bonds. The predicted molar refractivity (Wildman–Crippen MR) is 90.5 cm³/mol. The summed E-state index contributed by atoms with van der Waals surface area (Å²) in [6.07, 6.45) is 3.42. The number of aromatic nitrogens is 2. The Balaban J connectivity index is 1.59. The van der Waals surface area contributed by atoms with Crippen molar-refractivity contribution in [2.24, 2.45) is 0 Å². The molecule has 1 aromatic heterocycles. The Kier molecular flexibility index (Phi) is 5.09. The fourth-order valence-corrected chi connectivity index (χ4v) is 2.53. The van der Waals surface area contributed by atoms with Gasteiger partial charge in [-0.1, -0.05) is 17.7 Å². The molecule has 0 unspecified atom stereocenters. The van der Waals surface area contributed by atoms with E-state index in [2.05, 4.69) is 10.4 Å². The lowest BCUT2D eigenvalue weighted by Gasteiger charge is -2.06. The highest BCUT2D eigenvalue weighted by molar-refractivity contribution is 6.31. The normalized spacial score (nSPS) is 10.7. The number of carbonyl (C=O) groups is 1. The summed E-state index contributed by atoms with van der Waals surface area (Å²) in [4.78, 5) is 12.0. The van der Waals surface area contributed by atoms with Crippen LogP contribution in [0.15, 0.2) is 54.9 Å². The zero-order chi connectivity index (χ0) is 17.8. The van der Waals surface area contributed by atoms with Crippen LogP contribution in [-0.2, 0) is 17.8 Å². The summed E-state index contributed by atoms with van der Waals surface area (Å²) >= 11 is 5.92. The van der Waals surface area contributed by atoms with E-state index in [1.807, 2.05) is 0 Å². The number of carbonyl (C=O) groups excluding carboxylic acids is 1. The summed E-state index contributed by atoms with van der Waals surface area (Å²) in [7, 11) is 0. The molecule has 0 atom stereocenters. The zero-order valence-electron chi connectivity index (χ0n) is 13.0. The second-order valence-electron chi connectivity index (χ2n) is 5.46. The number of hydrogen-bond acceptors (Lipinski definition) is 2. The van der Waals surface area contributed by atoms with Crippen LogP contribution < -0.4 is 5.32 Å². The number of hydrogen-bond donors (Lipinski definition) is 1. The van der Waals surface area contributed by atoms with Crippen molar-refractivity contribution in [1.82, 2.24) is 15.1 Å². The summed E-state index contributed by atoms with van der Waals surface area (Å²) in [6, 6.07) is 9.91. The van der Waals surface area contributed by atoms with Crippen molar-refractivity contribution in [3.63, 3.8) is 0 Å². The lowest BCUT2D eigenvalue weighted by molar-refractivity contribution is -0.120. The van der Waals surface area contributed by atoms with E-state index in [4.69, 9.17) is 11.6 Å². The van der Waals surface area contributed by atoms with Crippen LogP contribution in [0.5, 0.6) is 0 Å². The summed E-state index contributed by atoms with van der Waals surface area (Å²) < 4.78 is 27.5. The van der Waals surface area contributed by atoms with Gasteiger partial charge in [0.1, 0.15) is 11.6 Å². The summed E-state index contributed by atoms with van der Waals surface area (Å²) in [5.41, 5.74) is 2.05. The molecule has 4 nitrogen and oxygen atoms in total. The number of rotatable bonds is 5. The van der Waals surface area contributed by atoms with Gasteiger partial charge in [0, 0.05) is 17.8 Å². The van der Waals surface area contributed by atoms with Crippen molar-refractivity contribution in [2.75, 3.05) is 0 Å². The highest BCUT2D eigenvalue weighted by atomic mass is 35.5. The molecule has 1 heterocycles. The molecule has 1 N–H and O–H groups in total. The van der Waals surface area contributed by atoms with Crippen LogP contribution in [0.2, 0.25) is 5.02 Å². The molecule has 0 saturated carbocycles. The number of halogens is 3. The molecule has 0 aliphatic rings. The average molecular weight is 362 g/mol. The molecule has 0 spiro atoms. The Morgan fingerprint density at radius 3 is 2.56 bits per heavy atom. The largest absolute Gasteiger partial charge is 0.352 e. The van der Waals surface area contributed by atoms with Crippen molar-refractivity contribution in [1.29, 1.82) is 0 Å². The van der Waals surface area contributed by atoms with Gasteiger partial charge >= 0.3 is 0 Å². The molecule has 0 aliphatic carbocycles. The first-order valence-corrected chi connectivity index (χ1v) is 7.89. The van der Waals surface area contributed by atoms with Crippen LogP contribution in [0.25, 0.3) is 5.69 Å². The number of amides is 1. The van der Waals surface area contributed by atoms with E-state index >= 15 is 0 Å². The third-order valence-corrected chi connectivity index (χ3v) is 3.93. The van der Waals surface area contributed by atoms with Crippen LogP contribution in [-0.4, -0.2) is 15.7 Å². The quantitative estimate of drug-likeness (QED) is 0.753. The molecule has 0 bridgehead atoms. The highest BCUT2D eigenvalue weighted by Gasteiger charge is 2.08. The fraction of sp³-hybridized carbons (Fsp3) is 0.111. The molecule has 7 heteroatoms. The Hall–Kier alpha value is -2.73. The first-order chi connectivity index (χ1) is 12.0. The molecule has 128 valence electrons. The highest BCUT2D eigenvalue weighted by Crippen LogP contribution is 2.17. The zero-order valence-corrected chi connectivity index (χ0v) is 13.8. The maximum atomic E-state index is 13.0. The first-order valence-electron chi connectivity index (χ1n) is 7.51. The number of benzene rings is 2. The van der Waals surface area contributed by atoms with Crippen LogP contribution in [0.3, 0.4) is 0 Å². The molecule has 3 aromatic rings. The molecule has 0 aliphatic heterocycles. The van der Waals surface area contributed by atoms with E-state index in [0.29, 0.717) is 16.8 Å². The summed E-state index contributed by atoms with van der Waals surface area (Å²) in [5.74, 6) is -0.956. The maximum absolute atomic E-state index is 13.0. The lowest BCUT2D eigenvalue weighted by atomic mass is 10.2. The van der Waals surface area contributed by atoms with Gasteiger partial charge in [0.2, 0.25) is 5.91 Å². The van der Waals surface area contributed by atoms with Crippen molar-refractivity contribution < 1.29 is 13.6 Å². The molecular formula is C18H14ClF2N3O. The topological polar surface area (TPSA) is 46.9 Å². The third-order valence-electron chi connectivity index (χ3n) is 3.58. The smallest absolute Gasteiger partial charge is 0.224 e. The van der Waals surface area contributed by atoms with E-state index in [1.54, 1.807) is 29.2 Å². The van der Waals surface area contributed by atoms with Gasteiger partial charge in [0.15, 0.2) is 0 Å². The molecule has 0 fully saturated rings. The van der Waals surface area contributed by atoms with E-state index in [-0.39, 0.29) is 29.7 Å². The van der Waals surface area contributed by atoms with Crippen LogP contribution in [0.1, 0.15) is 11.1 Å². The van der Waals surface area contributed by atoms with Gasteiger partial charge in [0.25, 0.3) is 0 Å². The minimum Gasteiger partial charge on any atom is -0.352 e. The van der Waals surface area contributed by atoms with Gasteiger partial charge in [-0.25, -0.2) is 13.5 Å². The molecule has 0 saturated heterocycles. The Morgan fingerprint density at radius 2 is 1.84 bits per heavy atom. The fourth-order valence-electron chi connectivity index (χ4n) is 2.29. The maximum Gasteiger partial charge on any atom is 0.224 e. The van der Waals surface area contributed by atoms with Gasteiger partial charge in [-0.3, -0.25) is 4.79 Å². The van der Waals surface area contributed by atoms with Crippen LogP contribution in [0.4, 0.5) is 8.78 Å². The summed E-state index contributed by atoms with van der Waals surface area (Å²) in [5, 5.41) is 7.16. The van der Waals surface area contributed by atoms with Gasteiger partial charge in [-0.15, -0.1) is 0 Å². The second-order valence-corrected chi connectivity index (χ2v) is 5.87. The van der Waals surface area contributed by atoms with E-state index in [0.717, 1.165) is 0 Å². The standard InChI is InChI=1S/C18H14ClF2N3O/c19-17-8-15(21)2-1-13(17)10-22-18(25)7-12-9-23-24(11-12)16-5-3-14(20)4-6-16/h1-6,8-9,11H,7,10H2,(H,22,25). The third kappa shape index (κ3) is 4.42. The molecule has 2 aromatic carbocycles. The molecule has 25 heavy (non-hydrogen) atoms. The minimum atomic E-state index is -0.423. The molecule has 3 rings (SSSR count). The monoisotopic (exact) mass is 361 g/mol. The van der Waals surface area contributed by atoms with Crippen molar-refractivity contribution in [3.8, 4) is 5.69 Å². The van der Waals surface area contributed by atoms with Crippen LogP contribution >= 0.6 is 11.6 Å². The average Bonchev–Trinajstić information content (AvgIpc) is 3.03. The van der Waals surface area contributed by atoms with E-state index in [9.17, 15) is 13.6 Å². The predicted octanol–water partition coefficient (Wildman–Crippen LogP) is 3.66. The van der Waals surface area contributed by atoms with Crippen LogP contribution in [0, 0.1) is 11.6 Å². The van der Waals surface area contributed by atoms with Gasteiger partial charge in [-0.05, 0) is 47.5 Å². The Morgan fingerprint density at radius 1 is 1.12 bits per heavy atom. The SMILES string of the molecule is O=C(Cc1cnn(-c2ccc(F)cc2)c1)NCc1ccc(F)cc1Cl. The summed E-state index contributed by atoms with van der Waals surface area (Å²) in [6.45, 7) is 0.212. The first kappa shape index (κ1) is 17.1. The number of nitrogens with one attached hydrogen (secondary N) is 1. The van der Waals surface area contributed by atoms with Crippen molar-refractivity contribution in [2.45, 2.75) is 13.0 Å². The van der Waals surface area contributed by atoms with Crippen molar-refractivity contribution >= 4 is 17.5 Å². The van der Waals surface area contributed by atoms with Gasteiger partial charge in [-0.2, -0.15) is 5.10 Å². The molecule has 0 radical (unpaired) electrons. The second kappa shape index (κ2) is 7.44. The lowest BCUT2D eigenvalue weighted by Crippen LogP contribution is -2.24. The molecular weight excluding hydrogens is 348 g/mol. The van der Waals surface area contributed by atoms with E-state index in [1.165, 1.54) is 30.3 Å². The minimum absolute atomic E-state index is 0.139.